The van der Waals surface area contributed by atoms with E-state index in [0.29, 0.717) is 5.69 Å². The Kier molecular flexibility index (Phi) is 1.99. The van der Waals surface area contributed by atoms with Gasteiger partial charge in [-0.3, -0.25) is 9.67 Å². The van der Waals surface area contributed by atoms with E-state index in [0.717, 1.165) is 11.4 Å². The van der Waals surface area contributed by atoms with E-state index in [1.807, 2.05) is 18.2 Å². The fourth-order valence-electron chi connectivity index (χ4n) is 1.21. The molecular weight excluding hydrogens is 176 g/mol. The molecule has 2 heterocycles. The largest absolute Gasteiger partial charge is 0.257 e. The van der Waals surface area contributed by atoms with Gasteiger partial charge in [0.25, 0.3) is 0 Å². The van der Waals surface area contributed by atoms with Crippen LogP contribution in [-0.2, 0) is 7.05 Å². The highest BCUT2D eigenvalue weighted by atomic mass is 15.3. The van der Waals surface area contributed by atoms with Gasteiger partial charge in [-0.25, -0.2) is 0 Å². The Morgan fingerprint density at radius 1 is 1.36 bits per heavy atom. The average Bonchev–Trinajstić information content (AvgIpc) is 2.61. The van der Waals surface area contributed by atoms with E-state index in [-0.39, 0.29) is 0 Å². The summed E-state index contributed by atoms with van der Waals surface area (Å²) in [5, 5.41) is 12.9. The highest BCUT2D eigenvalue weighted by Gasteiger charge is 2.06. The molecule has 0 saturated carbocycles. The van der Waals surface area contributed by atoms with Crippen molar-refractivity contribution < 1.29 is 0 Å². The molecular formula is C10H8N4. The van der Waals surface area contributed by atoms with Crippen LogP contribution in [0.25, 0.3) is 11.4 Å². The van der Waals surface area contributed by atoms with Gasteiger partial charge in [-0.15, -0.1) is 0 Å². The smallest absolute Gasteiger partial charge is 0.138 e. The maximum atomic E-state index is 8.75. The van der Waals surface area contributed by atoms with Gasteiger partial charge in [0.1, 0.15) is 17.5 Å². The molecule has 0 radical (unpaired) electrons. The summed E-state index contributed by atoms with van der Waals surface area (Å²) < 4.78 is 1.55. The average molecular weight is 184 g/mol. The van der Waals surface area contributed by atoms with Crippen LogP contribution in [0.3, 0.4) is 0 Å². The first-order valence-corrected chi connectivity index (χ1v) is 4.17. The molecule has 0 atom stereocenters. The highest BCUT2D eigenvalue weighted by Crippen LogP contribution is 2.14. The Morgan fingerprint density at radius 3 is 2.79 bits per heavy atom. The third-order valence-corrected chi connectivity index (χ3v) is 1.92. The zero-order chi connectivity index (χ0) is 9.97. The molecule has 0 fully saturated rings. The molecule has 0 spiro atoms. The Balaban J connectivity index is 2.50. The fraction of sp³-hybridized carbons (Fsp3) is 0.100. The number of hydrogen-bond donors (Lipinski definition) is 0. The molecule has 0 N–H and O–H groups in total. The van der Waals surface area contributed by atoms with Gasteiger partial charge in [0.2, 0.25) is 0 Å². The molecule has 14 heavy (non-hydrogen) atoms. The van der Waals surface area contributed by atoms with Gasteiger partial charge >= 0.3 is 0 Å². The van der Waals surface area contributed by atoms with Crippen molar-refractivity contribution >= 4 is 0 Å². The summed E-state index contributed by atoms with van der Waals surface area (Å²) in [4.78, 5) is 4.15. The molecule has 0 aromatic carbocycles. The van der Waals surface area contributed by atoms with Crippen LogP contribution < -0.4 is 0 Å². The summed E-state index contributed by atoms with van der Waals surface area (Å²) in [6.07, 6.45) is 1.70. The normalized spacial score (nSPS) is 9.71. The Hall–Kier alpha value is -2.15. The zero-order valence-electron chi connectivity index (χ0n) is 7.68. The van der Waals surface area contributed by atoms with Crippen molar-refractivity contribution in [1.29, 1.82) is 5.26 Å². The number of nitriles is 1. The van der Waals surface area contributed by atoms with Crippen molar-refractivity contribution in [1.82, 2.24) is 14.8 Å². The van der Waals surface area contributed by atoms with Gasteiger partial charge in [0, 0.05) is 19.3 Å². The van der Waals surface area contributed by atoms with Crippen LogP contribution in [0.15, 0.2) is 30.5 Å². The third-order valence-electron chi connectivity index (χ3n) is 1.92. The predicted molar refractivity (Wildman–Crippen MR) is 51.2 cm³/mol. The Bertz CT molecular complexity index is 479. The standard InChI is InChI=1S/C10H8N4/c1-14-8(7-11)6-10(13-14)9-4-2-3-5-12-9/h2-6H,1H3. The molecule has 0 saturated heterocycles. The van der Waals surface area contributed by atoms with Crippen LogP contribution in [0.1, 0.15) is 5.69 Å². The van der Waals surface area contributed by atoms with E-state index in [9.17, 15) is 0 Å². The maximum absolute atomic E-state index is 8.75. The molecule has 0 aliphatic heterocycles. The zero-order valence-corrected chi connectivity index (χ0v) is 7.68. The van der Waals surface area contributed by atoms with E-state index >= 15 is 0 Å². The molecule has 0 bridgehead atoms. The van der Waals surface area contributed by atoms with Crippen LogP contribution in [0.5, 0.6) is 0 Å². The van der Waals surface area contributed by atoms with Gasteiger partial charge in [-0.05, 0) is 12.1 Å². The van der Waals surface area contributed by atoms with Crippen LogP contribution in [0, 0.1) is 11.3 Å². The maximum Gasteiger partial charge on any atom is 0.138 e. The lowest BCUT2D eigenvalue weighted by atomic mass is 10.2. The van der Waals surface area contributed by atoms with Crippen LogP contribution >= 0.6 is 0 Å². The molecule has 2 aromatic rings. The van der Waals surface area contributed by atoms with Crippen molar-refractivity contribution in [2.24, 2.45) is 7.05 Å². The SMILES string of the molecule is Cn1nc(-c2ccccn2)cc1C#N. The Morgan fingerprint density at radius 2 is 2.21 bits per heavy atom. The van der Waals surface area contributed by atoms with Crippen molar-refractivity contribution in [3.8, 4) is 17.5 Å². The van der Waals surface area contributed by atoms with E-state index in [1.54, 1.807) is 24.0 Å². The summed E-state index contributed by atoms with van der Waals surface area (Å²) in [7, 11) is 1.74. The molecule has 0 aliphatic rings. The van der Waals surface area contributed by atoms with E-state index < -0.39 is 0 Å². The lowest BCUT2D eigenvalue weighted by molar-refractivity contribution is 0.758. The minimum absolute atomic E-state index is 0.533. The predicted octanol–water partition coefficient (Wildman–Crippen LogP) is 1.35. The number of rotatable bonds is 1. The van der Waals surface area contributed by atoms with Gasteiger partial charge in [-0.2, -0.15) is 10.4 Å². The van der Waals surface area contributed by atoms with E-state index in [2.05, 4.69) is 16.2 Å². The van der Waals surface area contributed by atoms with Crippen molar-refractivity contribution in [2.45, 2.75) is 0 Å². The van der Waals surface area contributed by atoms with Gasteiger partial charge in [0.15, 0.2) is 0 Å². The highest BCUT2D eigenvalue weighted by molar-refractivity contribution is 5.55. The number of aromatic nitrogens is 3. The van der Waals surface area contributed by atoms with Gasteiger partial charge in [0.05, 0.1) is 5.69 Å². The first-order chi connectivity index (χ1) is 6.81. The number of nitrogens with zero attached hydrogens (tertiary/aromatic N) is 4. The quantitative estimate of drug-likeness (QED) is 0.672. The van der Waals surface area contributed by atoms with Crippen LogP contribution in [0.2, 0.25) is 0 Å². The summed E-state index contributed by atoms with van der Waals surface area (Å²) in [6, 6.07) is 9.38. The second kappa shape index (κ2) is 3.30. The lowest BCUT2D eigenvalue weighted by Crippen LogP contribution is -1.93. The second-order valence-corrected chi connectivity index (χ2v) is 2.87. The third kappa shape index (κ3) is 1.36. The molecule has 68 valence electrons. The number of hydrogen-bond acceptors (Lipinski definition) is 3. The van der Waals surface area contributed by atoms with Crippen molar-refractivity contribution in [2.75, 3.05) is 0 Å². The molecule has 2 aromatic heterocycles. The number of aryl methyl sites for hydroxylation is 1. The van der Waals surface area contributed by atoms with Gasteiger partial charge in [-0.1, -0.05) is 6.07 Å². The second-order valence-electron chi connectivity index (χ2n) is 2.87. The lowest BCUT2D eigenvalue weighted by Gasteiger charge is -1.92. The first kappa shape index (κ1) is 8.45. The molecule has 0 unspecified atom stereocenters. The van der Waals surface area contributed by atoms with E-state index in [1.165, 1.54) is 0 Å². The molecule has 4 heteroatoms. The topological polar surface area (TPSA) is 54.5 Å². The fourth-order valence-corrected chi connectivity index (χ4v) is 1.21. The summed E-state index contributed by atoms with van der Waals surface area (Å²) >= 11 is 0. The molecule has 0 aliphatic carbocycles. The van der Waals surface area contributed by atoms with Crippen LogP contribution in [0.4, 0.5) is 0 Å². The van der Waals surface area contributed by atoms with Crippen molar-refractivity contribution in [3.05, 3.63) is 36.2 Å². The summed E-state index contributed by atoms with van der Waals surface area (Å²) in [5.41, 5.74) is 2.04. The first-order valence-electron chi connectivity index (χ1n) is 4.17. The number of pyridine rings is 1. The summed E-state index contributed by atoms with van der Waals surface area (Å²) in [6.45, 7) is 0. The molecule has 4 nitrogen and oxygen atoms in total. The molecule has 0 amide bonds. The summed E-state index contributed by atoms with van der Waals surface area (Å²) in [5.74, 6) is 0. The van der Waals surface area contributed by atoms with Gasteiger partial charge < -0.3 is 0 Å². The minimum Gasteiger partial charge on any atom is -0.257 e. The Labute approximate surface area is 81.4 Å². The minimum atomic E-state index is 0.533. The van der Waals surface area contributed by atoms with Crippen molar-refractivity contribution in [3.63, 3.8) is 0 Å². The monoisotopic (exact) mass is 184 g/mol. The van der Waals surface area contributed by atoms with E-state index in [4.69, 9.17) is 5.26 Å². The van der Waals surface area contributed by atoms with Crippen LogP contribution in [-0.4, -0.2) is 14.8 Å². The molecule has 2 rings (SSSR count).